The van der Waals surface area contributed by atoms with Gasteiger partial charge < -0.3 is 0 Å². The van der Waals surface area contributed by atoms with Crippen LogP contribution in [-0.4, -0.2) is 15.0 Å². The molecule has 4 heteroatoms. The van der Waals surface area contributed by atoms with E-state index in [-0.39, 0.29) is 0 Å². The number of rotatable bonds is 2. The third kappa shape index (κ3) is 2.57. The van der Waals surface area contributed by atoms with Gasteiger partial charge in [-0.1, -0.05) is 35.9 Å². The summed E-state index contributed by atoms with van der Waals surface area (Å²) in [7, 11) is 0. The Balaban J connectivity index is 1.67. The van der Waals surface area contributed by atoms with Crippen LogP contribution in [0.5, 0.6) is 0 Å². The quantitative estimate of drug-likeness (QED) is 0.707. The second-order valence-corrected chi connectivity index (χ2v) is 6.27. The molecule has 0 saturated carbocycles. The Bertz CT molecular complexity index is 831. The summed E-state index contributed by atoms with van der Waals surface area (Å²) in [5.74, 6) is 1.38. The van der Waals surface area contributed by atoms with Crippen LogP contribution < -0.4 is 0 Å². The Kier molecular flexibility index (Phi) is 3.51. The lowest BCUT2D eigenvalue weighted by molar-refractivity contribution is 0.540. The number of aryl methyl sites for hydroxylation is 1. The van der Waals surface area contributed by atoms with Gasteiger partial charge in [0.25, 0.3) is 0 Å². The van der Waals surface area contributed by atoms with Gasteiger partial charge in [0.05, 0.1) is 16.7 Å². The summed E-state index contributed by atoms with van der Waals surface area (Å²) in [5, 5.41) is 0.611. The van der Waals surface area contributed by atoms with Crippen LogP contribution in [0.3, 0.4) is 0 Å². The van der Waals surface area contributed by atoms with E-state index in [1.807, 2.05) is 6.07 Å². The van der Waals surface area contributed by atoms with E-state index >= 15 is 0 Å². The standard InChI is InChI=1S/C18H16ClN3/c19-14-9-16-17(20-10-14)11-21-18(22-16)8-13-6-3-5-12-4-1-2-7-15(12)13/h1-2,4,7,9-11,13H,3,5-6,8H2. The Labute approximate surface area is 134 Å². The molecule has 1 aromatic carbocycles. The summed E-state index contributed by atoms with van der Waals surface area (Å²) < 4.78 is 0. The van der Waals surface area contributed by atoms with Gasteiger partial charge in [0.2, 0.25) is 0 Å². The maximum atomic E-state index is 6.01. The molecule has 22 heavy (non-hydrogen) atoms. The van der Waals surface area contributed by atoms with E-state index in [2.05, 4.69) is 39.2 Å². The first-order valence-corrected chi connectivity index (χ1v) is 8.02. The topological polar surface area (TPSA) is 38.7 Å². The molecular weight excluding hydrogens is 294 g/mol. The van der Waals surface area contributed by atoms with Crippen LogP contribution >= 0.6 is 11.6 Å². The number of nitrogens with zero attached hydrogens (tertiary/aromatic N) is 3. The molecule has 0 radical (unpaired) electrons. The van der Waals surface area contributed by atoms with Crippen molar-refractivity contribution in [3.05, 3.63) is 64.7 Å². The average Bonchev–Trinajstić information content (AvgIpc) is 2.55. The molecule has 2 aromatic heterocycles. The van der Waals surface area contributed by atoms with Crippen LogP contribution in [0.4, 0.5) is 0 Å². The van der Waals surface area contributed by atoms with E-state index in [0.717, 1.165) is 23.3 Å². The SMILES string of the molecule is Clc1cnc2cnc(CC3CCCc4ccccc43)nc2c1. The van der Waals surface area contributed by atoms with Gasteiger partial charge in [-0.05, 0) is 42.4 Å². The molecule has 1 atom stereocenters. The van der Waals surface area contributed by atoms with Crippen molar-refractivity contribution in [2.75, 3.05) is 0 Å². The highest BCUT2D eigenvalue weighted by Gasteiger charge is 2.21. The maximum Gasteiger partial charge on any atom is 0.129 e. The maximum absolute atomic E-state index is 6.01. The molecule has 0 aliphatic heterocycles. The summed E-state index contributed by atoms with van der Waals surface area (Å²) >= 11 is 6.01. The molecule has 0 saturated heterocycles. The van der Waals surface area contributed by atoms with Crippen molar-refractivity contribution >= 4 is 22.6 Å². The largest absolute Gasteiger partial charge is 0.251 e. The molecule has 0 fully saturated rings. The predicted octanol–water partition coefficient (Wildman–Crippen LogP) is 4.34. The Morgan fingerprint density at radius 2 is 2.00 bits per heavy atom. The van der Waals surface area contributed by atoms with Crippen molar-refractivity contribution in [3.8, 4) is 0 Å². The number of pyridine rings is 1. The number of hydrogen-bond acceptors (Lipinski definition) is 3. The minimum atomic E-state index is 0.509. The molecule has 3 aromatic rings. The molecular formula is C18H16ClN3. The molecule has 0 bridgehead atoms. The van der Waals surface area contributed by atoms with E-state index in [1.165, 1.54) is 30.4 Å². The third-order valence-electron chi connectivity index (χ3n) is 4.37. The van der Waals surface area contributed by atoms with Crippen LogP contribution in [0.1, 0.15) is 35.7 Å². The Morgan fingerprint density at radius 3 is 2.95 bits per heavy atom. The lowest BCUT2D eigenvalue weighted by Crippen LogP contribution is -2.13. The molecule has 1 aliphatic rings. The van der Waals surface area contributed by atoms with Gasteiger partial charge >= 0.3 is 0 Å². The van der Waals surface area contributed by atoms with Crippen LogP contribution in [0.15, 0.2) is 42.7 Å². The van der Waals surface area contributed by atoms with Crippen LogP contribution in [0, 0.1) is 0 Å². The highest BCUT2D eigenvalue weighted by atomic mass is 35.5. The summed E-state index contributed by atoms with van der Waals surface area (Å²) in [5.41, 5.74) is 4.55. The van der Waals surface area contributed by atoms with Gasteiger partial charge in [-0.3, -0.25) is 4.98 Å². The molecule has 1 unspecified atom stereocenters. The monoisotopic (exact) mass is 309 g/mol. The van der Waals surface area contributed by atoms with Crippen LogP contribution in [0.25, 0.3) is 11.0 Å². The second kappa shape index (κ2) is 5.65. The van der Waals surface area contributed by atoms with Gasteiger partial charge in [0.15, 0.2) is 0 Å². The predicted molar refractivity (Wildman–Crippen MR) is 88.2 cm³/mol. The van der Waals surface area contributed by atoms with Gasteiger partial charge in [0, 0.05) is 12.6 Å². The van der Waals surface area contributed by atoms with E-state index in [4.69, 9.17) is 11.6 Å². The lowest BCUT2D eigenvalue weighted by Gasteiger charge is -2.24. The zero-order chi connectivity index (χ0) is 14.9. The minimum Gasteiger partial charge on any atom is -0.251 e. The summed E-state index contributed by atoms with van der Waals surface area (Å²) in [6, 6.07) is 10.6. The van der Waals surface area contributed by atoms with Crippen molar-refractivity contribution in [1.82, 2.24) is 15.0 Å². The smallest absolute Gasteiger partial charge is 0.129 e. The highest BCUT2D eigenvalue weighted by molar-refractivity contribution is 6.31. The highest BCUT2D eigenvalue weighted by Crippen LogP contribution is 2.33. The fraction of sp³-hybridized carbons (Fsp3) is 0.278. The fourth-order valence-corrected chi connectivity index (χ4v) is 3.47. The lowest BCUT2D eigenvalue weighted by atomic mass is 9.81. The summed E-state index contributed by atoms with van der Waals surface area (Å²) in [6.45, 7) is 0. The number of fused-ring (bicyclic) bond motifs is 2. The normalized spacial score (nSPS) is 17.4. The number of halogens is 1. The third-order valence-corrected chi connectivity index (χ3v) is 4.58. The van der Waals surface area contributed by atoms with Crippen molar-refractivity contribution in [2.24, 2.45) is 0 Å². The summed E-state index contributed by atoms with van der Waals surface area (Å²) in [4.78, 5) is 13.4. The molecule has 0 spiro atoms. The fourth-order valence-electron chi connectivity index (χ4n) is 3.32. The summed E-state index contributed by atoms with van der Waals surface area (Å²) in [6.07, 6.45) is 7.92. The van der Waals surface area contributed by atoms with Gasteiger partial charge in [0.1, 0.15) is 11.3 Å². The van der Waals surface area contributed by atoms with Crippen LogP contribution in [-0.2, 0) is 12.8 Å². The van der Waals surface area contributed by atoms with Crippen LogP contribution in [0.2, 0.25) is 5.02 Å². The van der Waals surface area contributed by atoms with Crippen molar-refractivity contribution < 1.29 is 0 Å². The first-order valence-electron chi connectivity index (χ1n) is 7.64. The first kappa shape index (κ1) is 13.6. The Morgan fingerprint density at radius 1 is 1.09 bits per heavy atom. The average molecular weight is 310 g/mol. The van der Waals surface area contributed by atoms with Crippen molar-refractivity contribution in [2.45, 2.75) is 31.6 Å². The Hall–Kier alpha value is -2.00. The van der Waals surface area contributed by atoms with Gasteiger partial charge in [-0.15, -0.1) is 0 Å². The molecule has 4 rings (SSSR count). The molecule has 110 valence electrons. The second-order valence-electron chi connectivity index (χ2n) is 5.84. The molecule has 2 heterocycles. The number of benzene rings is 1. The van der Waals surface area contributed by atoms with E-state index in [9.17, 15) is 0 Å². The molecule has 3 nitrogen and oxygen atoms in total. The van der Waals surface area contributed by atoms with Crippen molar-refractivity contribution in [1.29, 1.82) is 0 Å². The first-order chi connectivity index (χ1) is 10.8. The zero-order valence-electron chi connectivity index (χ0n) is 12.2. The van der Waals surface area contributed by atoms with E-state index in [0.29, 0.717) is 10.9 Å². The molecule has 0 N–H and O–H groups in total. The number of hydrogen-bond donors (Lipinski definition) is 0. The van der Waals surface area contributed by atoms with Gasteiger partial charge in [-0.25, -0.2) is 9.97 Å². The van der Waals surface area contributed by atoms with E-state index < -0.39 is 0 Å². The zero-order valence-corrected chi connectivity index (χ0v) is 12.9. The minimum absolute atomic E-state index is 0.509. The molecule has 1 aliphatic carbocycles. The molecule has 0 amide bonds. The van der Waals surface area contributed by atoms with E-state index in [1.54, 1.807) is 12.4 Å². The number of aromatic nitrogens is 3. The van der Waals surface area contributed by atoms with Gasteiger partial charge in [-0.2, -0.15) is 0 Å². The van der Waals surface area contributed by atoms with Crippen molar-refractivity contribution in [3.63, 3.8) is 0 Å².